The van der Waals surface area contributed by atoms with Crippen molar-refractivity contribution >= 4 is 28.5 Å². The minimum atomic E-state index is -0.474. The smallest absolute Gasteiger partial charge is 0.342 e. The summed E-state index contributed by atoms with van der Waals surface area (Å²) in [5.41, 5.74) is 8.26. The number of pyridine rings is 1. The number of rotatable bonds is 8. The first-order chi connectivity index (χ1) is 14.9. The maximum atomic E-state index is 12.4. The maximum Gasteiger partial charge on any atom is 0.342 e. The average Bonchev–Trinajstić information content (AvgIpc) is 2.73. The van der Waals surface area contributed by atoms with Crippen molar-refractivity contribution in [3.05, 3.63) is 29.5 Å². The van der Waals surface area contributed by atoms with Crippen LogP contribution in [-0.2, 0) is 14.3 Å². The number of ether oxygens (including phenoxy) is 3. The van der Waals surface area contributed by atoms with Crippen molar-refractivity contribution in [3.8, 4) is 5.75 Å². The van der Waals surface area contributed by atoms with E-state index < -0.39 is 5.97 Å². The number of amides is 1. The highest BCUT2D eigenvalue weighted by atomic mass is 16.5. The number of esters is 1. The van der Waals surface area contributed by atoms with E-state index in [2.05, 4.69) is 10.3 Å². The van der Waals surface area contributed by atoms with Crippen molar-refractivity contribution in [2.45, 2.75) is 45.6 Å². The number of benzene rings is 1. The zero-order chi connectivity index (χ0) is 22.4. The molecule has 31 heavy (non-hydrogen) atoms. The second-order valence-corrected chi connectivity index (χ2v) is 7.85. The van der Waals surface area contributed by atoms with Crippen LogP contribution in [0.2, 0.25) is 0 Å². The third-order valence-corrected chi connectivity index (χ3v) is 5.62. The Labute approximate surface area is 182 Å². The molecule has 0 unspecified atom stereocenters. The second kappa shape index (κ2) is 10.4. The van der Waals surface area contributed by atoms with Crippen molar-refractivity contribution in [1.82, 2.24) is 10.3 Å². The molecule has 8 heteroatoms. The SMILES string of the molecule is CCOC(=O)c1c(C)nc2cccc(OC3CCC(CNC(=O)COC)CC3)c2c1N. The van der Waals surface area contributed by atoms with Crippen LogP contribution >= 0.6 is 0 Å². The predicted molar refractivity (Wildman–Crippen MR) is 118 cm³/mol. The fourth-order valence-corrected chi connectivity index (χ4v) is 4.07. The van der Waals surface area contributed by atoms with E-state index in [4.69, 9.17) is 19.9 Å². The van der Waals surface area contributed by atoms with Crippen LogP contribution in [0.3, 0.4) is 0 Å². The Kier molecular flexibility index (Phi) is 7.68. The molecule has 3 rings (SSSR count). The van der Waals surface area contributed by atoms with Gasteiger partial charge in [-0.05, 0) is 57.6 Å². The Morgan fingerprint density at radius 2 is 1.97 bits per heavy atom. The van der Waals surface area contributed by atoms with Gasteiger partial charge in [-0.25, -0.2) is 4.79 Å². The van der Waals surface area contributed by atoms with E-state index >= 15 is 0 Å². The van der Waals surface area contributed by atoms with Gasteiger partial charge in [0.25, 0.3) is 0 Å². The number of nitrogens with one attached hydrogen (secondary N) is 1. The first-order valence-electron chi connectivity index (χ1n) is 10.7. The summed E-state index contributed by atoms with van der Waals surface area (Å²) in [6.07, 6.45) is 3.73. The highest BCUT2D eigenvalue weighted by molar-refractivity contribution is 6.07. The lowest BCUT2D eigenvalue weighted by Gasteiger charge is -2.29. The van der Waals surface area contributed by atoms with Crippen molar-refractivity contribution in [3.63, 3.8) is 0 Å². The van der Waals surface area contributed by atoms with Crippen molar-refractivity contribution in [1.29, 1.82) is 0 Å². The molecule has 1 fully saturated rings. The molecule has 1 aliphatic carbocycles. The first kappa shape index (κ1) is 22.8. The van der Waals surface area contributed by atoms with E-state index in [1.807, 2.05) is 18.2 Å². The van der Waals surface area contributed by atoms with Gasteiger partial charge in [-0.15, -0.1) is 0 Å². The summed E-state index contributed by atoms with van der Waals surface area (Å²) in [5.74, 6) is 0.493. The van der Waals surface area contributed by atoms with E-state index in [1.54, 1.807) is 13.8 Å². The number of anilines is 1. The third kappa shape index (κ3) is 5.44. The summed E-state index contributed by atoms with van der Waals surface area (Å²) in [5, 5.41) is 3.55. The molecule has 1 amide bonds. The molecule has 0 spiro atoms. The van der Waals surface area contributed by atoms with Crippen LogP contribution in [0.25, 0.3) is 10.9 Å². The number of methoxy groups -OCH3 is 1. The summed E-state index contributed by atoms with van der Waals surface area (Å²) in [6.45, 7) is 4.52. The molecule has 1 aromatic heterocycles. The molecule has 8 nitrogen and oxygen atoms in total. The number of nitrogen functional groups attached to an aromatic ring is 1. The zero-order valence-corrected chi connectivity index (χ0v) is 18.4. The highest BCUT2D eigenvalue weighted by Gasteiger charge is 2.25. The van der Waals surface area contributed by atoms with Gasteiger partial charge in [0.15, 0.2) is 0 Å². The van der Waals surface area contributed by atoms with Crippen LogP contribution in [0, 0.1) is 12.8 Å². The number of nitrogens with zero attached hydrogens (tertiary/aromatic N) is 1. The topological polar surface area (TPSA) is 113 Å². The Bertz CT molecular complexity index is 938. The molecular formula is C23H31N3O5. The van der Waals surface area contributed by atoms with Crippen molar-refractivity contribution in [2.75, 3.05) is 32.6 Å². The molecule has 2 aromatic rings. The normalized spacial score (nSPS) is 18.5. The van der Waals surface area contributed by atoms with Gasteiger partial charge >= 0.3 is 5.97 Å². The largest absolute Gasteiger partial charge is 0.490 e. The highest BCUT2D eigenvalue weighted by Crippen LogP contribution is 2.36. The number of aryl methyl sites for hydroxylation is 1. The lowest BCUT2D eigenvalue weighted by molar-refractivity contribution is -0.125. The van der Waals surface area contributed by atoms with Gasteiger partial charge < -0.3 is 25.3 Å². The molecule has 0 radical (unpaired) electrons. The average molecular weight is 430 g/mol. The number of aromatic nitrogens is 1. The molecule has 168 valence electrons. The second-order valence-electron chi connectivity index (χ2n) is 7.85. The van der Waals surface area contributed by atoms with E-state index in [1.165, 1.54) is 7.11 Å². The maximum absolute atomic E-state index is 12.4. The molecule has 1 aromatic carbocycles. The van der Waals surface area contributed by atoms with Gasteiger partial charge in [0, 0.05) is 13.7 Å². The standard InChI is InChI=1S/C23H31N3O5/c1-4-30-23(28)20-14(2)26-17-6-5-7-18(21(17)22(20)24)31-16-10-8-15(9-11-16)12-25-19(27)13-29-3/h5-7,15-16H,4,8-13H2,1-3H3,(H2,24,26)(H,25,27). The summed E-state index contributed by atoms with van der Waals surface area (Å²) < 4.78 is 16.3. The Balaban J connectivity index is 1.72. The molecule has 1 heterocycles. The molecular weight excluding hydrogens is 398 g/mol. The van der Waals surface area contributed by atoms with Crippen molar-refractivity contribution < 1.29 is 23.8 Å². The first-order valence-corrected chi connectivity index (χ1v) is 10.7. The minimum absolute atomic E-state index is 0.0447. The molecule has 0 bridgehead atoms. The molecule has 1 aliphatic rings. The Hall–Kier alpha value is -2.87. The van der Waals surface area contributed by atoms with Crippen LogP contribution in [0.5, 0.6) is 5.75 Å². The molecule has 0 aliphatic heterocycles. The molecule has 0 saturated heterocycles. The monoisotopic (exact) mass is 429 g/mol. The summed E-state index contributed by atoms with van der Waals surface area (Å²) in [4.78, 5) is 28.5. The summed E-state index contributed by atoms with van der Waals surface area (Å²) >= 11 is 0. The fourth-order valence-electron chi connectivity index (χ4n) is 4.07. The van der Waals surface area contributed by atoms with Gasteiger partial charge in [0.2, 0.25) is 5.91 Å². The van der Waals surface area contributed by atoms with Crippen LogP contribution in [-0.4, -0.2) is 49.8 Å². The third-order valence-electron chi connectivity index (χ3n) is 5.62. The number of nitrogens with two attached hydrogens (primary N) is 1. The van der Waals surface area contributed by atoms with Gasteiger partial charge in [0.1, 0.15) is 17.9 Å². The number of fused-ring (bicyclic) bond motifs is 1. The van der Waals surface area contributed by atoms with Crippen LogP contribution in [0.15, 0.2) is 18.2 Å². The molecule has 3 N–H and O–H groups in total. The quantitative estimate of drug-likeness (QED) is 0.620. The number of carbonyl (C=O) groups excluding carboxylic acids is 2. The Morgan fingerprint density at radius 3 is 2.65 bits per heavy atom. The van der Waals surface area contributed by atoms with E-state index in [-0.39, 0.29) is 25.2 Å². The van der Waals surface area contributed by atoms with Gasteiger partial charge in [-0.3, -0.25) is 9.78 Å². The van der Waals surface area contributed by atoms with E-state index in [9.17, 15) is 9.59 Å². The lowest BCUT2D eigenvalue weighted by Crippen LogP contribution is -2.35. The lowest BCUT2D eigenvalue weighted by atomic mass is 9.87. The number of hydrogen-bond donors (Lipinski definition) is 2. The van der Waals surface area contributed by atoms with Crippen molar-refractivity contribution in [2.24, 2.45) is 5.92 Å². The fraction of sp³-hybridized carbons (Fsp3) is 0.522. The number of hydrogen-bond acceptors (Lipinski definition) is 7. The molecule has 1 saturated carbocycles. The molecule has 0 atom stereocenters. The number of carbonyl (C=O) groups is 2. The van der Waals surface area contributed by atoms with Gasteiger partial charge in [-0.1, -0.05) is 6.07 Å². The summed E-state index contributed by atoms with van der Waals surface area (Å²) in [6, 6.07) is 5.60. The van der Waals surface area contributed by atoms with E-state index in [0.29, 0.717) is 46.1 Å². The van der Waals surface area contributed by atoms with Gasteiger partial charge in [-0.2, -0.15) is 0 Å². The van der Waals surface area contributed by atoms with Crippen LogP contribution in [0.1, 0.15) is 48.7 Å². The van der Waals surface area contributed by atoms with Crippen LogP contribution < -0.4 is 15.8 Å². The van der Waals surface area contributed by atoms with Crippen LogP contribution in [0.4, 0.5) is 5.69 Å². The van der Waals surface area contributed by atoms with E-state index in [0.717, 1.165) is 25.7 Å². The summed E-state index contributed by atoms with van der Waals surface area (Å²) in [7, 11) is 1.51. The Morgan fingerprint density at radius 1 is 1.23 bits per heavy atom. The predicted octanol–water partition coefficient (Wildman–Crippen LogP) is 3.00. The van der Waals surface area contributed by atoms with Gasteiger partial charge in [0.05, 0.1) is 35.0 Å². The minimum Gasteiger partial charge on any atom is -0.490 e. The zero-order valence-electron chi connectivity index (χ0n) is 18.4.